The van der Waals surface area contributed by atoms with E-state index in [0.29, 0.717) is 25.2 Å². The van der Waals surface area contributed by atoms with E-state index in [4.69, 9.17) is 9.47 Å². The maximum Gasteiger partial charge on any atom is 0.161 e. The first-order chi connectivity index (χ1) is 10.3. The standard InChI is InChI=1S/C17H26N2O2.2ClH/c1-3-13(2)17(19-8-6-18-7-9-19)14-4-5-15-16(12-14)21-11-10-20-15;;/h4-5,12-13,17-18H,3,6-11H2,1-2H3;2*1H/t13?,17-;;/m0../s1. The number of benzene rings is 1. The Morgan fingerprint density at radius 2 is 1.74 bits per heavy atom. The van der Waals surface area contributed by atoms with Gasteiger partial charge in [-0.25, -0.2) is 0 Å². The van der Waals surface area contributed by atoms with Crippen LogP contribution in [0.1, 0.15) is 31.9 Å². The summed E-state index contributed by atoms with van der Waals surface area (Å²) in [5.74, 6) is 2.42. The molecule has 132 valence electrons. The number of ether oxygens (including phenoxy) is 2. The lowest BCUT2D eigenvalue weighted by molar-refractivity contribution is 0.127. The van der Waals surface area contributed by atoms with Crippen molar-refractivity contribution < 1.29 is 9.47 Å². The van der Waals surface area contributed by atoms with Crippen molar-refractivity contribution in [2.45, 2.75) is 26.3 Å². The molecule has 2 atom stereocenters. The quantitative estimate of drug-likeness (QED) is 0.890. The maximum atomic E-state index is 5.76. The van der Waals surface area contributed by atoms with Gasteiger partial charge in [0.2, 0.25) is 0 Å². The molecule has 1 fully saturated rings. The number of piperazine rings is 1. The van der Waals surface area contributed by atoms with Crippen molar-refractivity contribution in [2.24, 2.45) is 5.92 Å². The number of nitrogens with zero attached hydrogens (tertiary/aromatic N) is 1. The lowest BCUT2D eigenvalue weighted by Gasteiger charge is -2.38. The molecule has 1 N–H and O–H groups in total. The average Bonchev–Trinajstić information content (AvgIpc) is 2.56. The van der Waals surface area contributed by atoms with Crippen molar-refractivity contribution in [3.05, 3.63) is 23.8 Å². The lowest BCUT2D eigenvalue weighted by atomic mass is 9.90. The zero-order valence-electron chi connectivity index (χ0n) is 13.9. The summed E-state index contributed by atoms with van der Waals surface area (Å²) < 4.78 is 11.4. The third kappa shape index (κ3) is 4.66. The van der Waals surface area contributed by atoms with E-state index in [1.165, 1.54) is 12.0 Å². The van der Waals surface area contributed by atoms with E-state index in [2.05, 4.69) is 42.3 Å². The Kier molecular flexibility index (Phi) is 8.48. The van der Waals surface area contributed by atoms with Gasteiger partial charge in [-0.1, -0.05) is 26.3 Å². The third-order valence-electron chi connectivity index (χ3n) is 4.64. The largest absolute Gasteiger partial charge is 0.486 e. The summed E-state index contributed by atoms with van der Waals surface area (Å²) >= 11 is 0. The van der Waals surface area contributed by atoms with E-state index in [9.17, 15) is 0 Å². The predicted octanol–water partition coefficient (Wildman–Crippen LogP) is 3.29. The van der Waals surface area contributed by atoms with Gasteiger partial charge >= 0.3 is 0 Å². The highest BCUT2D eigenvalue weighted by Gasteiger charge is 2.27. The summed E-state index contributed by atoms with van der Waals surface area (Å²) in [6.45, 7) is 10.3. The Morgan fingerprint density at radius 3 is 2.39 bits per heavy atom. The average molecular weight is 363 g/mol. The van der Waals surface area contributed by atoms with Gasteiger partial charge in [0.1, 0.15) is 13.2 Å². The second kappa shape index (κ2) is 9.58. The molecule has 1 aromatic rings. The number of nitrogens with one attached hydrogen (secondary N) is 1. The second-order valence-corrected chi connectivity index (χ2v) is 6.02. The van der Waals surface area contributed by atoms with Crippen LogP contribution in [-0.4, -0.2) is 44.3 Å². The van der Waals surface area contributed by atoms with E-state index in [0.717, 1.165) is 37.7 Å². The number of rotatable bonds is 4. The van der Waals surface area contributed by atoms with Gasteiger partial charge in [0.25, 0.3) is 0 Å². The minimum absolute atomic E-state index is 0. The van der Waals surface area contributed by atoms with E-state index < -0.39 is 0 Å². The fraction of sp³-hybridized carbons (Fsp3) is 0.647. The summed E-state index contributed by atoms with van der Waals surface area (Å²) in [6.07, 6.45) is 1.18. The van der Waals surface area contributed by atoms with Gasteiger partial charge < -0.3 is 14.8 Å². The molecule has 0 bridgehead atoms. The summed E-state index contributed by atoms with van der Waals surface area (Å²) in [7, 11) is 0. The SMILES string of the molecule is CCC(C)[C@@H](c1ccc2c(c1)OCCO2)N1CCNCC1.Cl.Cl. The number of hydrogen-bond donors (Lipinski definition) is 1. The smallest absolute Gasteiger partial charge is 0.161 e. The summed E-state index contributed by atoms with van der Waals surface area (Å²) in [4.78, 5) is 2.61. The Morgan fingerprint density at radius 1 is 1.09 bits per heavy atom. The summed E-state index contributed by atoms with van der Waals surface area (Å²) in [5.41, 5.74) is 1.36. The molecule has 3 rings (SSSR count). The van der Waals surface area contributed by atoms with Gasteiger partial charge in [-0.2, -0.15) is 0 Å². The van der Waals surface area contributed by atoms with Crippen molar-refractivity contribution >= 4 is 24.8 Å². The van der Waals surface area contributed by atoms with Crippen LogP contribution in [-0.2, 0) is 0 Å². The third-order valence-corrected chi connectivity index (χ3v) is 4.64. The normalized spacial score (nSPS) is 19.9. The first kappa shape index (κ1) is 20.4. The minimum atomic E-state index is 0. The molecule has 2 aliphatic heterocycles. The molecule has 0 amide bonds. The van der Waals surface area contributed by atoms with Crippen LogP contribution in [0, 0.1) is 5.92 Å². The van der Waals surface area contributed by atoms with Crippen LogP contribution in [0.25, 0.3) is 0 Å². The van der Waals surface area contributed by atoms with Crippen LogP contribution in [0.4, 0.5) is 0 Å². The molecule has 4 nitrogen and oxygen atoms in total. The molecule has 1 saturated heterocycles. The first-order valence-electron chi connectivity index (χ1n) is 8.14. The predicted molar refractivity (Wildman–Crippen MR) is 98.6 cm³/mol. The van der Waals surface area contributed by atoms with Gasteiger partial charge in [0, 0.05) is 32.2 Å². The van der Waals surface area contributed by atoms with Crippen LogP contribution < -0.4 is 14.8 Å². The lowest BCUT2D eigenvalue weighted by Crippen LogP contribution is -2.46. The minimum Gasteiger partial charge on any atom is -0.486 e. The molecule has 2 heterocycles. The molecular formula is C17H28Cl2N2O2. The van der Waals surface area contributed by atoms with Crippen LogP contribution in [0.15, 0.2) is 18.2 Å². The van der Waals surface area contributed by atoms with E-state index in [1.807, 2.05) is 0 Å². The molecule has 1 unspecified atom stereocenters. The van der Waals surface area contributed by atoms with E-state index in [-0.39, 0.29) is 24.8 Å². The van der Waals surface area contributed by atoms with E-state index in [1.54, 1.807) is 0 Å². The Labute approximate surface area is 151 Å². The molecule has 0 aliphatic carbocycles. The highest BCUT2D eigenvalue weighted by Crippen LogP contribution is 2.37. The van der Waals surface area contributed by atoms with Crippen molar-refractivity contribution in [1.82, 2.24) is 10.2 Å². The fourth-order valence-electron chi connectivity index (χ4n) is 3.33. The monoisotopic (exact) mass is 362 g/mol. The van der Waals surface area contributed by atoms with E-state index >= 15 is 0 Å². The van der Waals surface area contributed by atoms with Crippen molar-refractivity contribution in [2.75, 3.05) is 39.4 Å². The van der Waals surface area contributed by atoms with Gasteiger partial charge in [0.05, 0.1) is 0 Å². The second-order valence-electron chi connectivity index (χ2n) is 6.02. The van der Waals surface area contributed by atoms with Crippen LogP contribution in [0.3, 0.4) is 0 Å². The van der Waals surface area contributed by atoms with Gasteiger partial charge in [-0.3, -0.25) is 4.90 Å². The Hall–Kier alpha value is -0.680. The zero-order valence-corrected chi connectivity index (χ0v) is 15.5. The van der Waals surface area contributed by atoms with Crippen molar-refractivity contribution in [1.29, 1.82) is 0 Å². The topological polar surface area (TPSA) is 33.7 Å². The summed E-state index contributed by atoms with van der Waals surface area (Å²) in [6, 6.07) is 6.94. The van der Waals surface area contributed by atoms with Gasteiger partial charge in [-0.05, 0) is 23.6 Å². The molecular weight excluding hydrogens is 335 g/mol. The van der Waals surface area contributed by atoms with Crippen LogP contribution >= 0.6 is 24.8 Å². The van der Waals surface area contributed by atoms with Crippen LogP contribution in [0.5, 0.6) is 11.5 Å². The van der Waals surface area contributed by atoms with Gasteiger partial charge in [-0.15, -0.1) is 24.8 Å². The van der Waals surface area contributed by atoms with Crippen LogP contribution in [0.2, 0.25) is 0 Å². The molecule has 0 aromatic heterocycles. The maximum absolute atomic E-state index is 5.76. The molecule has 0 spiro atoms. The molecule has 0 radical (unpaired) electrons. The van der Waals surface area contributed by atoms with Crippen molar-refractivity contribution in [3.8, 4) is 11.5 Å². The summed E-state index contributed by atoms with van der Waals surface area (Å²) in [5, 5.41) is 3.44. The highest BCUT2D eigenvalue weighted by atomic mass is 35.5. The molecule has 6 heteroatoms. The fourth-order valence-corrected chi connectivity index (χ4v) is 3.33. The first-order valence-corrected chi connectivity index (χ1v) is 8.14. The Bertz CT molecular complexity index is 482. The Balaban J connectivity index is 0.00000132. The number of hydrogen-bond acceptors (Lipinski definition) is 4. The zero-order chi connectivity index (χ0) is 14.7. The molecule has 23 heavy (non-hydrogen) atoms. The van der Waals surface area contributed by atoms with Gasteiger partial charge in [0.15, 0.2) is 11.5 Å². The number of fused-ring (bicyclic) bond motifs is 1. The van der Waals surface area contributed by atoms with Crippen molar-refractivity contribution in [3.63, 3.8) is 0 Å². The number of halogens is 2. The molecule has 0 saturated carbocycles. The highest BCUT2D eigenvalue weighted by molar-refractivity contribution is 5.85. The molecule has 2 aliphatic rings. The molecule has 1 aromatic carbocycles.